The van der Waals surface area contributed by atoms with Crippen molar-refractivity contribution in [3.8, 4) is 17.2 Å². The Labute approximate surface area is 165 Å². The van der Waals surface area contributed by atoms with Crippen LogP contribution in [0.4, 0.5) is 23.2 Å². The number of aromatic nitrogens is 2. The van der Waals surface area contributed by atoms with Crippen molar-refractivity contribution in [2.75, 3.05) is 17.7 Å². The predicted octanol–water partition coefficient (Wildman–Crippen LogP) is 4.20. The number of nitrogens with zero attached hydrogens (tertiary/aromatic N) is 3. The molecule has 3 aromatic rings. The number of para-hydroxylation sites is 2. The zero-order valence-electron chi connectivity index (χ0n) is 15.2. The third-order valence-corrected chi connectivity index (χ3v) is 4.89. The van der Waals surface area contributed by atoms with Crippen LogP contribution in [-0.2, 0) is 23.7 Å². The molecule has 29 heavy (non-hydrogen) atoms. The minimum atomic E-state index is -4.79. The lowest BCUT2D eigenvalue weighted by atomic mass is 10.1. The Bertz CT molecular complexity index is 1040. The maximum Gasteiger partial charge on any atom is 0.470 e. The number of ether oxygens (including phenoxy) is 1. The zero-order valence-corrected chi connectivity index (χ0v) is 16.1. The van der Waals surface area contributed by atoms with Crippen molar-refractivity contribution >= 4 is 16.7 Å². The molecule has 3 rings (SSSR count). The topological polar surface area (TPSA) is 68.5 Å². The standard InChI is InChI=1S/C18H15F4N3O3S/c1-27-15-6-4-3-5-14(15)25(29(2)26)10-12-8-7-11(9-13(12)19)16-23-24-17(28-16)18(20,21)22/h3-9H,10H2,1-2H3. The average Bonchev–Trinajstić information content (AvgIpc) is 3.17. The van der Waals surface area contributed by atoms with Gasteiger partial charge in [-0.3, -0.25) is 4.31 Å². The summed E-state index contributed by atoms with van der Waals surface area (Å²) in [4.78, 5) is 0. The number of benzene rings is 2. The first-order valence-electron chi connectivity index (χ1n) is 8.14. The summed E-state index contributed by atoms with van der Waals surface area (Å²) < 4.78 is 75.9. The molecule has 0 saturated carbocycles. The highest BCUT2D eigenvalue weighted by atomic mass is 32.2. The van der Waals surface area contributed by atoms with E-state index >= 15 is 0 Å². The Morgan fingerprint density at radius 3 is 2.48 bits per heavy atom. The molecule has 11 heteroatoms. The highest BCUT2D eigenvalue weighted by Gasteiger charge is 2.38. The van der Waals surface area contributed by atoms with Crippen LogP contribution in [0.3, 0.4) is 0 Å². The van der Waals surface area contributed by atoms with Crippen molar-refractivity contribution in [1.29, 1.82) is 0 Å². The fraction of sp³-hybridized carbons (Fsp3) is 0.222. The minimum absolute atomic E-state index is 0.00397. The molecule has 0 aliphatic rings. The molecule has 1 unspecified atom stereocenters. The molecule has 1 atom stereocenters. The highest BCUT2D eigenvalue weighted by Crippen LogP contribution is 2.32. The van der Waals surface area contributed by atoms with E-state index in [2.05, 4.69) is 14.6 Å². The van der Waals surface area contributed by atoms with Crippen LogP contribution in [0.15, 0.2) is 46.9 Å². The third kappa shape index (κ3) is 4.56. The third-order valence-electron chi connectivity index (χ3n) is 3.95. The number of hydrogen-bond donors (Lipinski definition) is 0. The summed E-state index contributed by atoms with van der Waals surface area (Å²) in [5.41, 5.74) is 0.673. The molecule has 1 aromatic heterocycles. The Hall–Kier alpha value is -2.95. The molecule has 0 amide bonds. The van der Waals surface area contributed by atoms with E-state index in [1.54, 1.807) is 24.3 Å². The van der Waals surface area contributed by atoms with E-state index in [1.165, 1.54) is 29.8 Å². The molecule has 0 fully saturated rings. The number of alkyl halides is 3. The van der Waals surface area contributed by atoms with Crippen LogP contribution < -0.4 is 9.04 Å². The number of anilines is 1. The van der Waals surface area contributed by atoms with Gasteiger partial charge in [-0.05, 0) is 24.3 Å². The van der Waals surface area contributed by atoms with Gasteiger partial charge in [0.05, 0.1) is 19.3 Å². The lowest BCUT2D eigenvalue weighted by Crippen LogP contribution is -2.25. The molecular formula is C18H15F4N3O3S. The quantitative estimate of drug-likeness (QED) is 0.550. The first kappa shape index (κ1) is 20.8. The van der Waals surface area contributed by atoms with E-state index in [-0.39, 0.29) is 17.7 Å². The van der Waals surface area contributed by atoms with Gasteiger partial charge in [0.15, 0.2) is 0 Å². The van der Waals surface area contributed by atoms with Crippen LogP contribution in [0.25, 0.3) is 11.5 Å². The van der Waals surface area contributed by atoms with Gasteiger partial charge in [-0.2, -0.15) is 13.2 Å². The van der Waals surface area contributed by atoms with Gasteiger partial charge in [0.2, 0.25) is 5.89 Å². The summed E-state index contributed by atoms with van der Waals surface area (Å²) in [6, 6.07) is 10.5. The molecule has 0 bridgehead atoms. The van der Waals surface area contributed by atoms with Crippen LogP contribution in [0.2, 0.25) is 0 Å². The highest BCUT2D eigenvalue weighted by molar-refractivity contribution is 7.85. The van der Waals surface area contributed by atoms with Crippen molar-refractivity contribution in [1.82, 2.24) is 10.2 Å². The fourth-order valence-corrected chi connectivity index (χ4v) is 3.32. The van der Waals surface area contributed by atoms with E-state index in [9.17, 15) is 21.8 Å². The Morgan fingerprint density at radius 2 is 1.90 bits per heavy atom. The largest absolute Gasteiger partial charge is 0.495 e. The first-order valence-corrected chi connectivity index (χ1v) is 9.66. The van der Waals surface area contributed by atoms with Gasteiger partial charge in [0.25, 0.3) is 0 Å². The second-order valence-corrected chi connectivity index (χ2v) is 7.14. The van der Waals surface area contributed by atoms with E-state index in [1.807, 2.05) is 0 Å². The molecule has 6 nitrogen and oxygen atoms in total. The van der Waals surface area contributed by atoms with Gasteiger partial charge < -0.3 is 9.15 Å². The number of halogens is 4. The van der Waals surface area contributed by atoms with Gasteiger partial charge in [-0.1, -0.05) is 18.2 Å². The van der Waals surface area contributed by atoms with Gasteiger partial charge in [-0.15, -0.1) is 10.2 Å². The van der Waals surface area contributed by atoms with Crippen molar-refractivity contribution < 1.29 is 30.9 Å². The molecule has 0 N–H and O–H groups in total. The lowest BCUT2D eigenvalue weighted by Gasteiger charge is -2.23. The van der Waals surface area contributed by atoms with Crippen LogP contribution >= 0.6 is 0 Å². The van der Waals surface area contributed by atoms with Crippen LogP contribution in [0, 0.1) is 5.82 Å². The normalized spacial score (nSPS) is 12.6. The molecule has 154 valence electrons. The Morgan fingerprint density at radius 1 is 1.17 bits per heavy atom. The molecule has 0 saturated heterocycles. The number of hydrogen-bond acceptors (Lipinski definition) is 5. The predicted molar refractivity (Wildman–Crippen MR) is 97.9 cm³/mol. The smallest absolute Gasteiger partial charge is 0.470 e. The van der Waals surface area contributed by atoms with Crippen LogP contribution in [-0.4, -0.2) is 27.8 Å². The molecule has 0 aliphatic carbocycles. The van der Waals surface area contributed by atoms with Gasteiger partial charge in [0, 0.05) is 17.4 Å². The van der Waals surface area contributed by atoms with Crippen molar-refractivity contribution in [3.05, 3.63) is 59.7 Å². The van der Waals surface area contributed by atoms with E-state index in [0.29, 0.717) is 11.4 Å². The molecule has 1 heterocycles. The van der Waals surface area contributed by atoms with E-state index in [0.717, 1.165) is 6.07 Å². The fourth-order valence-electron chi connectivity index (χ4n) is 2.57. The molecular weight excluding hydrogens is 414 g/mol. The van der Waals surface area contributed by atoms with Gasteiger partial charge in [0.1, 0.15) is 22.6 Å². The van der Waals surface area contributed by atoms with Crippen molar-refractivity contribution in [2.24, 2.45) is 0 Å². The maximum atomic E-state index is 14.6. The van der Waals surface area contributed by atoms with Crippen molar-refractivity contribution in [2.45, 2.75) is 12.7 Å². The van der Waals surface area contributed by atoms with E-state index in [4.69, 9.17) is 4.74 Å². The van der Waals surface area contributed by atoms with Gasteiger partial charge >= 0.3 is 12.1 Å². The minimum Gasteiger partial charge on any atom is -0.495 e. The molecule has 0 aliphatic heterocycles. The number of rotatable bonds is 6. The molecule has 0 spiro atoms. The monoisotopic (exact) mass is 429 g/mol. The summed E-state index contributed by atoms with van der Waals surface area (Å²) in [5.74, 6) is -2.23. The van der Waals surface area contributed by atoms with E-state index < -0.39 is 34.8 Å². The van der Waals surface area contributed by atoms with Crippen molar-refractivity contribution in [3.63, 3.8) is 0 Å². The molecule has 2 aromatic carbocycles. The summed E-state index contributed by atoms with van der Waals surface area (Å²) in [6.45, 7) is -0.0623. The van der Waals surface area contributed by atoms with Gasteiger partial charge in [-0.25, -0.2) is 8.60 Å². The Balaban J connectivity index is 1.89. The SMILES string of the molecule is COc1ccccc1N(Cc1ccc(-c2nnc(C(F)(F)F)o2)cc1F)S(C)=O. The maximum absolute atomic E-state index is 14.6. The molecule has 0 radical (unpaired) electrons. The van der Waals surface area contributed by atoms with Crippen LogP contribution in [0.1, 0.15) is 11.5 Å². The second-order valence-electron chi connectivity index (χ2n) is 5.85. The summed E-state index contributed by atoms with van der Waals surface area (Å²) in [6.07, 6.45) is -3.35. The summed E-state index contributed by atoms with van der Waals surface area (Å²) in [7, 11) is -0.0393. The number of methoxy groups -OCH3 is 1. The summed E-state index contributed by atoms with van der Waals surface area (Å²) in [5, 5.41) is 6.22. The lowest BCUT2D eigenvalue weighted by molar-refractivity contribution is -0.156. The van der Waals surface area contributed by atoms with Crippen LogP contribution in [0.5, 0.6) is 5.75 Å². The second kappa shape index (κ2) is 8.19. The average molecular weight is 429 g/mol. The first-order chi connectivity index (χ1) is 13.7. The summed E-state index contributed by atoms with van der Waals surface area (Å²) >= 11 is 0. The zero-order chi connectivity index (χ0) is 21.2. The Kier molecular flexibility index (Phi) is 5.87.